The van der Waals surface area contributed by atoms with Crippen LogP contribution in [0.25, 0.3) is 0 Å². The minimum Gasteiger partial charge on any atom is -0.447 e. The number of nitrogens with zero attached hydrogens (tertiary/aromatic N) is 2. The first kappa shape index (κ1) is 18.2. The van der Waals surface area contributed by atoms with Gasteiger partial charge in [-0.25, -0.2) is 18.4 Å². The molecule has 2 fully saturated rings. The van der Waals surface area contributed by atoms with Gasteiger partial charge in [-0.1, -0.05) is 11.8 Å². The summed E-state index contributed by atoms with van der Waals surface area (Å²) in [6, 6.07) is 1.91. The molecule has 0 bridgehead atoms. The number of amides is 3. The van der Waals surface area contributed by atoms with Crippen molar-refractivity contribution in [1.82, 2.24) is 5.32 Å². The Morgan fingerprint density at radius 2 is 1.96 bits per heavy atom. The number of thioether (sulfide) groups is 1. The van der Waals surface area contributed by atoms with Gasteiger partial charge in [-0.2, -0.15) is 0 Å². The molecule has 2 saturated heterocycles. The summed E-state index contributed by atoms with van der Waals surface area (Å²) in [5, 5.41) is 2.28. The van der Waals surface area contributed by atoms with Crippen molar-refractivity contribution < 1.29 is 32.6 Å². The summed E-state index contributed by atoms with van der Waals surface area (Å²) in [7, 11) is 0. The van der Waals surface area contributed by atoms with Crippen LogP contribution in [0, 0.1) is 11.6 Å². The first-order valence-electron chi connectivity index (χ1n) is 7.64. The number of nitrogens with one attached hydrogen (secondary N) is 1. The van der Waals surface area contributed by atoms with Crippen molar-refractivity contribution >= 4 is 40.6 Å². The highest BCUT2D eigenvalue weighted by atomic mass is 32.2. The van der Waals surface area contributed by atoms with Crippen molar-refractivity contribution in [2.75, 3.05) is 42.3 Å². The predicted molar refractivity (Wildman–Crippen MR) is 89.6 cm³/mol. The Hall–Kier alpha value is -2.56. The topological polar surface area (TPSA) is 88.2 Å². The van der Waals surface area contributed by atoms with Crippen LogP contribution in [0.5, 0.6) is 0 Å². The van der Waals surface area contributed by atoms with Crippen LogP contribution in [-0.2, 0) is 9.47 Å². The third-order valence-electron chi connectivity index (χ3n) is 3.88. The summed E-state index contributed by atoms with van der Waals surface area (Å²) in [6.45, 7) is 0.193. The summed E-state index contributed by atoms with van der Waals surface area (Å²) in [6.07, 6.45) is -0.648. The summed E-state index contributed by atoms with van der Waals surface area (Å²) in [5.41, 5.74) is -0.562. The second-order valence-electron chi connectivity index (χ2n) is 5.51. The molecular weight excluding hydrogens is 372 g/mol. The average molecular weight is 387 g/mol. The molecule has 0 radical (unpaired) electrons. The number of carbonyl (C=O) groups excluding carboxylic acids is 3. The molecule has 3 amide bonds. The molecule has 11 heteroatoms. The summed E-state index contributed by atoms with van der Waals surface area (Å²) in [5.74, 6) is -1.99. The first-order chi connectivity index (χ1) is 12.4. The minimum atomic E-state index is -0.995. The number of hydrogen-bond donors (Lipinski definition) is 1. The number of cyclic esters (lactones) is 2. The van der Waals surface area contributed by atoms with Crippen LogP contribution >= 0.6 is 11.8 Å². The highest BCUT2D eigenvalue weighted by Gasteiger charge is 2.35. The number of anilines is 2. The van der Waals surface area contributed by atoms with Gasteiger partial charge >= 0.3 is 12.2 Å². The van der Waals surface area contributed by atoms with Crippen LogP contribution in [-0.4, -0.2) is 56.0 Å². The summed E-state index contributed by atoms with van der Waals surface area (Å²) >= 11 is 0.978. The second kappa shape index (κ2) is 7.36. The van der Waals surface area contributed by atoms with Crippen LogP contribution in [0.2, 0.25) is 0 Å². The van der Waals surface area contributed by atoms with Crippen LogP contribution in [0.1, 0.15) is 0 Å². The van der Waals surface area contributed by atoms with Gasteiger partial charge in [-0.3, -0.25) is 14.6 Å². The summed E-state index contributed by atoms with van der Waals surface area (Å²) in [4.78, 5) is 36.6. The average Bonchev–Trinajstić information content (AvgIpc) is 3.18. The number of benzene rings is 1. The first-order valence-corrected chi connectivity index (χ1v) is 8.86. The van der Waals surface area contributed by atoms with E-state index in [-0.39, 0.29) is 37.2 Å². The zero-order valence-electron chi connectivity index (χ0n) is 13.7. The molecule has 140 valence electrons. The molecule has 0 spiro atoms. The highest BCUT2D eigenvalue weighted by molar-refractivity contribution is 8.12. The maximum absolute atomic E-state index is 14.4. The number of hydrogen-bond acceptors (Lipinski definition) is 6. The van der Waals surface area contributed by atoms with E-state index in [1.165, 1.54) is 0 Å². The van der Waals surface area contributed by atoms with E-state index in [9.17, 15) is 23.2 Å². The van der Waals surface area contributed by atoms with Crippen molar-refractivity contribution in [1.29, 1.82) is 0 Å². The molecule has 1 atom stereocenters. The molecule has 2 aliphatic rings. The maximum Gasteiger partial charge on any atom is 0.414 e. The van der Waals surface area contributed by atoms with Crippen molar-refractivity contribution in [2.45, 2.75) is 6.10 Å². The highest BCUT2D eigenvalue weighted by Crippen LogP contribution is 2.32. The Morgan fingerprint density at radius 1 is 1.27 bits per heavy atom. The van der Waals surface area contributed by atoms with E-state index < -0.39 is 35.6 Å². The van der Waals surface area contributed by atoms with Crippen molar-refractivity contribution in [3.05, 3.63) is 23.8 Å². The zero-order valence-corrected chi connectivity index (χ0v) is 14.5. The molecule has 1 aromatic carbocycles. The van der Waals surface area contributed by atoms with Gasteiger partial charge < -0.3 is 14.8 Å². The molecule has 0 aliphatic carbocycles. The Kier molecular flexibility index (Phi) is 5.16. The largest absolute Gasteiger partial charge is 0.447 e. The SMILES string of the molecule is CSC(=O)NC[C@H]1CN(c2cc(F)c(N3CCOC3=O)c(F)c2)C(=O)O1. The molecule has 2 aliphatic heterocycles. The van der Waals surface area contributed by atoms with E-state index in [4.69, 9.17) is 4.74 Å². The van der Waals surface area contributed by atoms with E-state index in [1.807, 2.05) is 0 Å². The number of carbonyl (C=O) groups is 3. The van der Waals surface area contributed by atoms with Crippen LogP contribution < -0.4 is 15.1 Å². The van der Waals surface area contributed by atoms with Crippen LogP contribution in [0.3, 0.4) is 0 Å². The van der Waals surface area contributed by atoms with Gasteiger partial charge in [0.05, 0.1) is 25.3 Å². The lowest BCUT2D eigenvalue weighted by molar-refractivity contribution is 0.141. The fourth-order valence-corrected chi connectivity index (χ4v) is 2.90. The van der Waals surface area contributed by atoms with Crippen LogP contribution in [0.4, 0.5) is 34.5 Å². The van der Waals surface area contributed by atoms with Gasteiger partial charge in [0.15, 0.2) is 11.6 Å². The van der Waals surface area contributed by atoms with E-state index in [0.717, 1.165) is 33.7 Å². The van der Waals surface area contributed by atoms with Gasteiger partial charge in [0.1, 0.15) is 18.4 Å². The third kappa shape index (κ3) is 3.52. The monoisotopic (exact) mass is 387 g/mol. The Labute approximate surface area is 151 Å². The molecule has 1 N–H and O–H groups in total. The lowest BCUT2D eigenvalue weighted by Crippen LogP contribution is -2.32. The van der Waals surface area contributed by atoms with Gasteiger partial charge in [0.2, 0.25) is 0 Å². The second-order valence-corrected chi connectivity index (χ2v) is 6.29. The Balaban J connectivity index is 1.76. The molecule has 0 unspecified atom stereocenters. The number of ether oxygens (including phenoxy) is 2. The fourth-order valence-electron chi connectivity index (χ4n) is 2.67. The summed E-state index contributed by atoms with van der Waals surface area (Å²) < 4.78 is 38.5. The van der Waals surface area contributed by atoms with Gasteiger partial charge in [-0.15, -0.1) is 0 Å². The molecule has 2 heterocycles. The smallest absolute Gasteiger partial charge is 0.414 e. The molecule has 0 saturated carbocycles. The van der Waals surface area contributed by atoms with Crippen molar-refractivity contribution in [3.63, 3.8) is 0 Å². The lowest BCUT2D eigenvalue weighted by atomic mass is 10.2. The number of halogens is 2. The standard InChI is InChI=1S/C15H15F2N3O5S/c1-26-13(21)18-6-9-7-20(15(23)25-9)8-4-10(16)12(11(17)5-8)19-2-3-24-14(19)22/h4-5,9H,2-3,6-7H2,1H3,(H,18,21)/t9-/m0/s1. The Morgan fingerprint density at radius 3 is 2.54 bits per heavy atom. The van der Waals surface area contributed by atoms with Crippen LogP contribution in [0.15, 0.2) is 12.1 Å². The Bertz CT molecular complexity index is 740. The van der Waals surface area contributed by atoms with Crippen molar-refractivity contribution in [2.24, 2.45) is 0 Å². The lowest BCUT2D eigenvalue weighted by Gasteiger charge is -2.18. The quantitative estimate of drug-likeness (QED) is 0.853. The molecular formula is C15H15F2N3O5S. The van der Waals surface area contributed by atoms with E-state index >= 15 is 0 Å². The van der Waals surface area contributed by atoms with Crippen molar-refractivity contribution in [3.8, 4) is 0 Å². The molecule has 3 rings (SSSR count). The molecule has 26 heavy (non-hydrogen) atoms. The fraction of sp³-hybridized carbons (Fsp3) is 0.400. The predicted octanol–water partition coefficient (Wildman–Crippen LogP) is 2.32. The van der Waals surface area contributed by atoms with E-state index in [2.05, 4.69) is 10.1 Å². The number of rotatable bonds is 4. The zero-order chi connectivity index (χ0) is 18.8. The minimum absolute atomic E-state index is 0.0253. The third-order valence-corrected chi connectivity index (χ3v) is 4.39. The maximum atomic E-state index is 14.4. The normalized spacial score (nSPS) is 19.6. The van der Waals surface area contributed by atoms with E-state index in [0.29, 0.717) is 0 Å². The van der Waals surface area contributed by atoms with Gasteiger partial charge in [0, 0.05) is 12.1 Å². The molecule has 1 aromatic rings. The van der Waals surface area contributed by atoms with Gasteiger partial charge in [0.25, 0.3) is 5.24 Å². The molecule has 0 aromatic heterocycles. The molecule has 8 nitrogen and oxygen atoms in total. The van der Waals surface area contributed by atoms with Gasteiger partial charge in [-0.05, 0) is 6.26 Å². The van der Waals surface area contributed by atoms with E-state index in [1.54, 1.807) is 6.26 Å².